The smallest absolute Gasteiger partial charge is 0.240 e. The van der Waals surface area contributed by atoms with Crippen molar-refractivity contribution in [1.82, 2.24) is 10.2 Å². The molecule has 2 N–H and O–H groups in total. The molecule has 0 unspecified atom stereocenters. The highest BCUT2D eigenvalue weighted by Gasteiger charge is 2.33. The molecule has 1 aromatic carbocycles. The van der Waals surface area contributed by atoms with E-state index in [-0.39, 0.29) is 30.4 Å². The van der Waals surface area contributed by atoms with Crippen LogP contribution in [0.5, 0.6) is 0 Å². The molecule has 2 aliphatic heterocycles. The summed E-state index contributed by atoms with van der Waals surface area (Å²) < 4.78 is 22.9. The number of hydrogen-bond acceptors (Lipinski definition) is 6. The molecule has 2 aliphatic rings. The number of thioether (sulfide) groups is 1. The Kier molecular flexibility index (Phi) is 6.41. The van der Waals surface area contributed by atoms with Crippen molar-refractivity contribution >= 4 is 45.6 Å². The van der Waals surface area contributed by atoms with Crippen LogP contribution in [0, 0.1) is 0 Å². The number of anilines is 1. The fourth-order valence-electron chi connectivity index (χ4n) is 2.88. The highest BCUT2D eigenvalue weighted by atomic mass is 35.5. The third-order valence-corrected chi connectivity index (χ3v) is 6.24. The summed E-state index contributed by atoms with van der Waals surface area (Å²) in [6.07, 6.45) is 1.94. The van der Waals surface area contributed by atoms with Crippen LogP contribution in [-0.4, -0.2) is 62.3 Å². The van der Waals surface area contributed by atoms with E-state index < -0.39 is 9.84 Å². The number of carbonyl (C=O) groups is 1. The highest BCUT2D eigenvalue weighted by molar-refractivity contribution is 7.99. The third-order valence-electron chi connectivity index (χ3n) is 4.15. The minimum absolute atomic E-state index is 0. The molecule has 2 saturated heterocycles. The van der Waals surface area contributed by atoms with Crippen molar-refractivity contribution in [3.05, 3.63) is 24.3 Å². The van der Waals surface area contributed by atoms with Gasteiger partial charge in [0, 0.05) is 36.8 Å². The summed E-state index contributed by atoms with van der Waals surface area (Å²) in [4.78, 5) is 14.6. The lowest BCUT2D eigenvalue weighted by Crippen LogP contribution is -2.42. The molecule has 3 rings (SSSR count). The Morgan fingerprint density at radius 2 is 2.04 bits per heavy atom. The monoisotopic (exact) mass is 391 g/mol. The van der Waals surface area contributed by atoms with Gasteiger partial charge in [0.1, 0.15) is 0 Å². The number of halogens is 1. The van der Waals surface area contributed by atoms with E-state index in [9.17, 15) is 13.2 Å². The molecular formula is C15H22ClN3O3S2. The largest absolute Gasteiger partial charge is 0.381 e. The molecule has 6 nitrogen and oxygen atoms in total. The second kappa shape index (κ2) is 7.95. The maximum absolute atomic E-state index is 12.4. The summed E-state index contributed by atoms with van der Waals surface area (Å²) in [5, 5.41) is 6.64. The van der Waals surface area contributed by atoms with Gasteiger partial charge in [0.05, 0.1) is 16.8 Å². The van der Waals surface area contributed by atoms with Crippen LogP contribution in [0.3, 0.4) is 0 Å². The quantitative estimate of drug-likeness (QED) is 0.802. The Morgan fingerprint density at radius 1 is 1.33 bits per heavy atom. The number of amides is 1. The molecule has 134 valence electrons. The Hall–Kier alpha value is -0.960. The number of nitrogens with one attached hydrogen (secondary N) is 2. The van der Waals surface area contributed by atoms with E-state index in [1.54, 1.807) is 36.0 Å². The molecule has 0 aromatic heterocycles. The van der Waals surface area contributed by atoms with Gasteiger partial charge in [-0.1, -0.05) is 0 Å². The first kappa shape index (κ1) is 19.4. The van der Waals surface area contributed by atoms with E-state index in [0.717, 1.165) is 36.8 Å². The van der Waals surface area contributed by atoms with Gasteiger partial charge in [0.2, 0.25) is 5.91 Å². The van der Waals surface area contributed by atoms with Crippen molar-refractivity contribution in [3.63, 3.8) is 0 Å². The summed E-state index contributed by atoms with van der Waals surface area (Å²) >= 11 is 1.79. The van der Waals surface area contributed by atoms with Gasteiger partial charge in [-0.25, -0.2) is 8.42 Å². The maximum Gasteiger partial charge on any atom is 0.240 e. The number of nitrogens with zero attached hydrogens (tertiary/aromatic N) is 1. The normalized spacial score (nSPS) is 23.8. The van der Waals surface area contributed by atoms with Crippen molar-refractivity contribution in [2.24, 2.45) is 0 Å². The maximum atomic E-state index is 12.4. The van der Waals surface area contributed by atoms with Crippen LogP contribution in [0.4, 0.5) is 5.69 Å². The Morgan fingerprint density at radius 3 is 2.62 bits per heavy atom. The van der Waals surface area contributed by atoms with Gasteiger partial charge in [0.15, 0.2) is 9.84 Å². The first-order chi connectivity index (χ1) is 10.9. The molecule has 24 heavy (non-hydrogen) atoms. The van der Waals surface area contributed by atoms with Crippen LogP contribution in [0.25, 0.3) is 0 Å². The van der Waals surface area contributed by atoms with Crippen LogP contribution >= 0.6 is 24.2 Å². The lowest BCUT2D eigenvalue weighted by molar-refractivity contribution is -0.131. The lowest BCUT2D eigenvalue weighted by atomic mass is 10.1. The highest BCUT2D eigenvalue weighted by Crippen LogP contribution is 2.20. The molecule has 2 fully saturated rings. The molecule has 2 heterocycles. The number of rotatable bonds is 4. The lowest BCUT2D eigenvalue weighted by Gasteiger charge is -2.19. The summed E-state index contributed by atoms with van der Waals surface area (Å²) in [5.74, 6) is 2.00. The van der Waals surface area contributed by atoms with Crippen LogP contribution in [0.15, 0.2) is 29.2 Å². The zero-order valence-corrected chi connectivity index (χ0v) is 15.8. The second-order valence-corrected chi connectivity index (χ2v) is 9.06. The van der Waals surface area contributed by atoms with Crippen molar-refractivity contribution in [1.29, 1.82) is 0 Å². The van der Waals surface area contributed by atoms with E-state index in [1.165, 1.54) is 6.26 Å². The van der Waals surface area contributed by atoms with Crippen LogP contribution in [0.2, 0.25) is 0 Å². The minimum atomic E-state index is -3.17. The molecule has 0 bridgehead atoms. The predicted octanol–water partition coefficient (Wildman–Crippen LogP) is 1.19. The molecule has 0 spiro atoms. The Balaban J connectivity index is 0.00000208. The molecule has 0 radical (unpaired) electrons. The van der Waals surface area contributed by atoms with E-state index in [4.69, 9.17) is 0 Å². The SMILES string of the molecule is CS(=O)(=O)c1ccc(N[C@@H]2CN[C@H](C(=O)N3CCSC3)C2)cc1.Cl. The summed E-state index contributed by atoms with van der Waals surface area (Å²) in [5.41, 5.74) is 0.869. The Labute approximate surface area is 153 Å². The van der Waals surface area contributed by atoms with E-state index in [0.29, 0.717) is 4.90 Å². The first-order valence-corrected chi connectivity index (χ1v) is 10.6. The minimum Gasteiger partial charge on any atom is -0.381 e. The summed E-state index contributed by atoms with van der Waals surface area (Å²) in [6, 6.07) is 6.78. The van der Waals surface area contributed by atoms with E-state index >= 15 is 0 Å². The van der Waals surface area contributed by atoms with Gasteiger partial charge < -0.3 is 15.5 Å². The van der Waals surface area contributed by atoms with Gasteiger partial charge in [-0.2, -0.15) is 0 Å². The van der Waals surface area contributed by atoms with Crippen molar-refractivity contribution in [2.75, 3.05) is 36.3 Å². The standard InChI is InChI=1S/C15H21N3O3S2.ClH/c1-23(20,21)13-4-2-11(3-5-13)17-12-8-14(16-9-12)15(19)18-6-7-22-10-18;/h2-5,12,14,16-17H,6-10H2,1H3;1H/t12-,14-;/m0./s1. The molecular weight excluding hydrogens is 370 g/mol. The summed E-state index contributed by atoms with van der Waals surface area (Å²) in [6.45, 7) is 1.57. The second-order valence-electron chi connectivity index (χ2n) is 5.97. The Bertz CT molecular complexity index is 676. The third kappa shape index (κ3) is 4.56. The predicted molar refractivity (Wildman–Crippen MR) is 99.7 cm³/mol. The van der Waals surface area contributed by atoms with Gasteiger partial charge in [0.25, 0.3) is 0 Å². The van der Waals surface area contributed by atoms with Crippen molar-refractivity contribution < 1.29 is 13.2 Å². The average molecular weight is 392 g/mol. The van der Waals surface area contributed by atoms with E-state index in [2.05, 4.69) is 10.6 Å². The van der Waals surface area contributed by atoms with Crippen LogP contribution in [0.1, 0.15) is 6.42 Å². The number of sulfone groups is 1. The molecule has 0 aliphatic carbocycles. The average Bonchev–Trinajstić information content (AvgIpc) is 3.18. The zero-order chi connectivity index (χ0) is 16.4. The molecule has 0 saturated carbocycles. The summed E-state index contributed by atoms with van der Waals surface area (Å²) in [7, 11) is -3.17. The van der Waals surface area contributed by atoms with Crippen LogP contribution in [-0.2, 0) is 14.6 Å². The molecule has 1 amide bonds. The number of carbonyl (C=O) groups excluding carboxylic acids is 1. The first-order valence-electron chi connectivity index (χ1n) is 7.60. The van der Waals surface area contributed by atoms with Gasteiger partial charge >= 0.3 is 0 Å². The fraction of sp³-hybridized carbons (Fsp3) is 0.533. The van der Waals surface area contributed by atoms with Crippen molar-refractivity contribution in [3.8, 4) is 0 Å². The molecule has 2 atom stereocenters. The fourth-order valence-corrected chi connectivity index (χ4v) is 4.46. The number of benzene rings is 1. The van der Waals surface area contributed by atoms with Gasteiger partial charge in [-0.3, -0.25) is 4.79 Å². The topological polar surface area (TPSA) is 78.5 Å². The van der Waals surface area contributed by atoms with Gasteiger partial charge in [-0.05, 0) is 30.7 Å². The molecule has 1 aromatic rings. The van der Waals surface area contributed by atoms with Crippen LogP contribution < -0.4 is 10.6 Å². The van der Waals surface area contributed by atoms with Crippen molar-refractivity contribution in [2.45, 2.75) is 23.4 Å². The zero-order valence-electron chi connectivity index (χ0n) is 13.4. The molecule has 9 heteroatoms. The van der Waals surface area contributed by atoms with E-state index in [1.807, 2.05) is 4.90 Å². The van der Waals surface area contributed by atoms with Gasteiger partial charge in [-0.15, -0.1) is 24.2 Å². The number of hydrogen-bond donors (Lipinski definition) is 2.